The summed E-state index contributed by atoms with van der Waals surface area (Å²) in [5.41, 5.74) is -1.26. The van der Waals surface area contributed by atoms with Gasteiger partial charge in [0.15, 0.2) is 0 Å². The molecule has 0 aromatic heterocycles. The van der Waals surface area contributed by atoms with Crippen LogP contribution in [0.1, 0.15) is 19.3 Å². The molecule has 0 atom stereocenters. The van der Waals surface area contributed by atoms with Gasteiger partial charge in [0.2, 0.25) is 0 Å². The van der Waals surface area contributed by atoms with Crippen LogP contribution in [0.3, 0.4) is 0 Å². The van der Waals surface area contributed by atoms with E-state index < -0.39 is 23.1 Å². The minimum Gasteiger partial charge on any atom is -0.468 e. The predicted octanol–water partition coefficient (Wildman–Crippen LogP) is 0.0718. The maximum atomic E-state index is 11.5. The van der Waals surface area contributed by atoms with E-state index in [2.05, 4.69) is 9.47 Å². The van der Waals surface area contributed by atoms with Gasteiger partial charge in [-0.05, 0) is 12.8 Å². The lowest BCUT2D eigenvalue weighted by molar-refractivity contribution is -0.171. The van der Waals surface area contributed by atoms with Crippen molar-refractivity contribution in [3.05, 3.63) is 0 Å². The molecule has 0 radical (unpaired) electrons. The Hall–Kier alpha value is -1.39. The zero-order valence-corrected chi connectivity index (χ0v) is 8.16. The molecule has 1 fully saturated rings. The van der Waals surface area contributed by atoms with Crippen molar-refractivity contribution in [3.8, 4) is 0 Å². The van der Waals surface area contributed by atoms with Gasteiger partial charge in [-0.2, -0.15) is 0 Å². The Bertz CT molecular complexity index is 277. The third kappa shape index (κ3) is 1.38. The number of carbonyl (C=O) groups is 3. The van der Waals surface area contributed by atoms with Gasteiger partial charge in [-0.15, -0.1) is 0 Å². The first kappa shape index (κ1) is 10.7. The smallest absolute Gasteiger partial charge is 0.375 e. The largest absolute Gasteiger partial charge is 0.468 e. The lowest BCUT2D eigenvalue weighted by Gasteiger charge is -2.35. The number of hydrogen-bond acceptors (Lipinski definition) is 5. The Balaban J connectivity index is 2.85. The molecule has 0 aromatic rings. The van der Waals surface area contributed by atoms with E-state index in [-0.39, 0.29) is 0 Å². The summed E-state index contributed by atoms with van der Waals surface area (Å²) >= 11 is 0. The van der Waals surface area contributed by atoms with E-state index in [4.69, 9.17) is 0 Å². The molecule has 5 nitrogen and oxygen atoms in total. The highest BCUT2D eigenvalue weighted by Gasteiger charge is 2.54. The van der Waals surface area contributed by atoms with Gasteiger partial charge in [-0.1, -0.05) is 6.42 Å². The summed E-state index contributed by atoms with van der Waals surface area (Å²) in [6.07, 6.45) is 1.49. The number of ether oxygens (including phenoxy) is 2. The molecule has 0 aromatic carbocycles. The van der Waals surface area contributed by atoms with Crippen LogP contribution in [-0.2, 0) is 23.9 Å². The van der Waals surface area contributed by atoms with Crippen LogP contribution in [0, 0.1) is 5.41 Å². The monoisotopic (exact) mass is 200 g/mol. The SMILES string of the molecule is COC(=O)C(=O)C1(C(=O)OC)CCC1. The van der Waals surface area contributed by atoms with Gasteiger partial charge in [0.1, 0.15) is 5.41 Å². The van der Waals surface area contributed by atoms with Crippen molar-refractivity contribution in [1.82, 2.24) is 0 Å². The Morgan fingerprint density at radius 1 is 1.07 bits per heavy atom. The summed E-state index contributed by atoms with van der Waals surface area (Å²) in [4.78, 5) is 33.8. The molecule has 0 aliphatic heterocycles. The number of methoxy groups -OCH3 is 2. The lowest BCUT2D eigenvalue weighted by Crippen LogP contribution is -2.49. The molecule has 0 bridgehead atoms. The molecule has 78 valence electrons. The van der Waals surface area contributed by atoms with Crippen LogP contribution in [0.5, 0.6) is 0 Å². The molecule has 5 heteroatoms. The summed E-state index contributed by atoms with van der Waals surface area (Å²) in [6, 6.07) is 0. The first-order valence-corrected chi connectivity index (χ1v) is 4.29. The van der Waals surface area contributed by atoms with Crippen molar-refractivity contribution in [1.29, 1.82) is 0 Å². The van der Waals surface area contributed by atoms with Crippen LogP contribution in [-0.4, -0.2) is 31.9 Å². The topological polar surface area (TPSA) is 69.7 Å². The highest BCUT2D eigenvalue weighted by molar-refractivity contribution is 6.40. The Labute approximate surface area is 81.4 Å². The molecule has 0 spiro atoms. The molecule has 1 aliphatic carbocycles. The number of Topliss-reactive ketones (excluding diaryl/α,β-unsaturated/α-hetero) is 1. The van der Waals surface area contributed by atoms with Gasteiger partial charge in [-0.3, -0.25) is 9.59 Å². The Kier molecular flexibility index (Phi) is 2.88. The Morgan fingerprint density at radius 3 is 1.93 bits per heavy atom. The third-order valence-corrected chi connectivity index (χ3v) is 2.59. The Morgan fingerprint density at radius 2 is 1.64 bits per heavy atom. The second-order valence-corrected chi connectivity index (χ2v) is 3.25. The second-order valence-electron chi connectivity index (χ2n) is 3.25. The van der Waals surface area contributed by atoms with Crippen molar-refractivity contribution in [2.75, 3.05) is 14.2 Å². The minimum absolute atomic E-state index is 0.369. The average Bonchev–Trinajstić information content (AvgIpc) is 2.14. The zero-order chi connectivity index (χ0) is 10.8. The second kappa shape index (κ2) is 3.77. The van der Waals surface area contributed by atoms with Crippen molar-refractivity contribution in [2.24, 2.45) is 5.41 Å². The standard InChI is InChI=1S/C9H12O5/c1-13-7(11)6(10)9(4-3-5-9)8(12)14-2/h3-5H2,1-2H3. The molecule has 0 saturated heterocycles. The average molecular weight is 200 g/mol. The van der Waals surface area contributed by atoms with Gasteiger partial charge < -0.3 is 9.47 Å². The van der Waals surface area contributed by atoms with Crippen LogP contribution in [0.25, 0.3) is 0 Å². The van der Waals surface area contributed by atoms with Gasteiger partial charge in [0.25, 0.3) is 5.78 Å². The number of rotatable bonds is 3. The van der Waals surface area contributed by atoms with E-state index in [0.717, 1.165) is 13.5 Å². The zero-order valence-electron chi connectivity index (χ0n) is 8.16. The molecule has 1 saturated carbocycles. The van der Waals surface area contributed by atoms with E-state index in [0.29, 0.717) is 12.8 Å². The lowest BCUT2D eigenvalue weighted by atomic mass is 9.66. The van der Waals surface area contributed by atoms with E-state index in [1.807, 2.05) is 0 Å². The van der Waals surface area contributed by atoms with Crippen molar-refractivity contribution in [2.45, 2.75) is 19.3 Å². The van der Waals surface area contributed by atoms with Gasteiger partial charge >= 0.3 is 11.9 Å². The van der Waals surface area contributed by atoms with E-state index in [1.54, 1.807) is 0 Å². The number of esters is 2. The highest BCUT2D eigenvalue weighted by Crippen LogP contribution is 2.43. The first-order chi connectivity index (χ1) is 6.58. The molecule has 14 heavy (non-hydrogen) atoms. The molecular formula is C9H12O5. The molecule has 1 aliphatic rings. The van der Waals surface area contributed by atoms with Crippen LogP contribution < -0.4 is 0 Å². The quantitative estimate of drug-likeness (QED) is 0.366. The number of ketones is 1. The van der Waals surface area contributed by atoms with Gasteiger partial charge in [0.05, 0.1) is 14.2 Å². The van der Waals surface area contributed by atoms with E-state index in [9.17, 15) is 14.4 Å². The maximum Gasteiger partial charge on any atom is 0.375 e. The van der Waals surface area contributed by atoms with Gasteiger partial charge in [0, 0.05) is 0 Å². The fraction of sp³-hybridized carbons (Fsp3) is 0.667. The van der Waals surface area contributed by atoms with E-state index >= 15 is 0 Å². The summed E-state index contributed by atoms with van der Waals surface area (Å²) in [7, 11) is 2.32. The summed E-state index contributed by atoms with van der Waals surface area (Å²) < 4.78 is 8.80. The molecular weight excluding hydrogens is 188 g/mol. The molecule has 0 amide bonds. The highest BCUT2D eigenvalue weighted by atomic mass is 16.5. The van der Waals surface area contributed by atoms with Crippen LogP contribution in [0.4, 0.5) is 0 Å². The molecule has 0 heterocycles. The van der Waals surface area contributed by atoms with Crippen LogP contribution in [0.2, 0.25) is 0 Å². The maximum absolute atomic E-state index is 11.5. The van der Waals surface area contributed by atoms with Crippen LogP contribution >= 0.6 is 0 Å². The van der Waals surface area contributed by atoms with Gasteiger partial charge in [-0.25, -0.2) is 4.79 Å². The number of hydrogen-bond donors (Lipinski definition) is 0. The summed E-state index contributed by atoms with van der Waals surface area (Å²) in [5.74, 6) is -2.41. The van der Waals surface area contributed by atoms with Crippen molar-refractivity contribution < 1.29 is 23.9 Å². The fourth-order valence-electron chi connectivity index (χ4n) is 1.54. The molecule has 0 unspecified atom stereocenters. The predicted molar refractivity (Wildman–Crippen MR) is 45.3 cm³/mol. The third-order valence-electron chi connectivity index (χ3n) is 2.59. The molecule has 1 rings (SSSR count). The first-order valence-electron chi connectivity index (χ1n) is 4.29. The van der Waals surface area contributed by atoms with Crippen molar-refractivity contribution >= 4 is 17.7 Å². The van der Waals surface area contributed by atoms with E-state index in [1.165, 1.54) is 7.11 Å². The summed E-state index contributed by atoms with van der Waals surface area (Å²) in [5, 5.41) is 0. The normalized spacial score (nSPS) is 17.9. The van der Waals surface area contributed by atoms with Crippen LogP contribution in [0.15, 0.2) is 0 Å². The number of carbonyl (C=O) groups excluding carboxylic acids is 3. The fourth-order valence-corrected chi connectivity index (χ4v) is 1.54. The molecule has 0 N–H and O–H groups in total. The van der Waals surface area contributed by atoms with Crippen molar-refractivity contribution in [3.63, 3.8) is 0 Å². The summed E-state index contributed by atoms with van der Waals surface area (Å²) in [6.45, 7) is 0. The minimum atomic E-state index is -1.26.